The fraction of sp³-hybridized carbons (Fsp3) is 0.278. The van der Waals surface area contributed by atoms with Gasteiger partial charge in [-0.3, -0.25) is 4.79 Å². The molecule has 1 N–H and O–H groups in total. The van der Waals surface area contributed by atoms with Crippen molar-refractivity contribution in [3.05, 3.63) is 58.1 Å². The molecule has 2 aromatic carbocycles. The highest BCUT2D eigenvalue weighted by Gasteiger charge is 2.22. The maximum absolute atomic E-state index is 12.5. The molecular weight excluding hydrogens is 347 g/mol. The van der Waals surface area contributed by atoms with Gasteiger partial charge >= 0.3 is 0 Å². The lowest BCUT2D eigenvalue weighted by atomic mass is 10.1. The number of para-hydroxylation sites is 2. The molecule has 24 heavy (non-hydrogen) atoms. The van der Waals surface area contributed by atoms with Gasteiger partial charge in [0, 0.05) is 26.2 Å². The zero-order chi connectivity index (χ0) is 17.1. The molecule has 0 aromatic heterocycles. The van der Waals surface area contributed by atoms with E-state index in [0.29, 0.717) is 42.6 Å². The molecule has 0 spiro atoms. The Balaban J connectivity index is 1.59. The van der Waals surface area contributed by atoms with Crippen molar-refractivity contribution >= 4 is 34.8 Å². The Labute approximate surface area is 151 Å². The van der Waals surface area contributed by atoms with Gasteiger partial charge in [0.1, 0.15) is 5.75 Å². The number of carbonyl (C=O) groups is 1. The lowest BCUT2D eigenvalue weighted by Gasteiger charge is -2.36. The molecule has 1 fully saturated rings. The first-order valence-corrected chi connectivity index (χ1v) is 8.55. The van der Waals surface area contributed by atoms with Gasteiger partial charge in [-0.1, -0.05) is 41.4 Å². The van der Waals surface area contributed by atoms with Crippen LogP contribution in [-0.2, 0) is 11.2 Å². The van der Waals surface area contributed by atoms with E-state index in [1.807, 2.05) is 23.1 Å². The van der Waals surface area contributed by atoms with Crippen molar-refractivity contribution in [1.29, 1.82) is 0 Å². The number of halogens is 2. The van der Waals surface area contributed by atoms with Gasteiger partial charge in [-0.25, -0.2) is 0 Å². The third-order valence-electron chi connectivity index (χ3n) is 4.19. The van der Waals surface area contributed by atoms with Gasteiger partial charge in [-0.2, -0.15) is 0 Å². The number of rotatable bonds is 3. The summed E-state index contributed by atoms with van der Waals surface area (Å²) in [6.07, 6.45) is 0.313. The van der Waals surface area contributed by atoms with Gasteiger partial charge < -0.3 is 14.9 Å². The topological polar surface area (TPSA) is 43.8 Å². The second-order valence-corrected chi connectivity index (χ2v) is 6.60. The molecular formula is C18H18Cl2N2O2. The van der Waals surface area contributed by atoms with Crippen LogP contribution in [0.5, 0.6) is 5.75 Å². The lowest BCUT2D eigenvalue weighted by Crippen LogP contribution is -2.49. The quantitative estimate of drug-likeness (QED) is 0.904. The average Bonchev–Trinajstić information content (AvgIpc) is 2.59. The summed E-state index contributed by atoms with van der Waals surface area (Å²) in [6.45, 7) is 2.67. The highest BCUT2D eigenvalue weighted by Crippen LogP contribution is 2.27. The van der Waals surface area contributed by atoms with Crippen molar-refractivity contribution in [2.45, 2.75) is 6.42 Å². The fourth-order valence-electron chi connectivity index (χ4n) is 2.86. The first-order chi connectivity index (χ1) is 11.5. The number of aromatic hydroxyl groups is 1. The van der Waals surface area contributed by atoms with Crippen molar-refractivity contribution in [1.82, 2.24) is 4.90 Å². The summed E-state index contributed by atoms with van der Waals surface area (Å²) in [4.78, 5) is 16.4. The minimum Gasteiger partial charge on any atom is -0.506 e. The van der Waals surface area contributed by atoms with Crippen molar-refractivity contribution < 1.29 is 9.90 Å². The monoisotopic (exact) mass is 364 g/mol. The predicted octanol–water partition coefficient (Wildman–Crippen LogP) is 3.59. The molecule has 1 heterocycles. The van der Waals surface area contributed by atoms with Crippen LogP contribution in [0, 0.1) is 0 Å². The number of phenols is 1. The standard InChI is InChI=1S/C18H18Cl2N2O2/c19-14-6-5-13(11-15(14)20)12-18(24)22-9-7-21(8-10-22)16-3-1-2-4-17(16)23/h1-6,11,23H,7-10,12H2. The molecule has 1 aliphatic rings. The fourth-order valence-corrected chi connectivity index (χ4v) is 3.19. The van der Waals surface area contributed by atoms with Crippen LogP contribution < -0.4 is 4.90 Å². The number of hydrogen-bond acceptors (Lipinski definition) is 3. The summed E-state index contributed by atoms with van der Waals surface area (Å²) in [5, 5.41) is 10.9. The Morgan fingerprint density at radius 3 is 2.38 bits per heavy atom. The van der Waals surface area contributed by atoms with Gasteiger partial charge in [0.15, 0.2) is 0 Å². The minimum absolute atomic E-state index is 0.0744. The van der Waals surface area contributed by atoms with E-state index in [1.165, 1.54) is 0 Å². The summed E-state index contributed by atoms with van der Waals surface area (Å²) in [6, 6.07) is 12.5. The second kappa shape index (κ2) is 7.32. The zero-order valence-electron chi connectivity index (χ0n) is 13.1. The maximum Gasteiger partial charge on any atom is 0.227 e. The molecule has 2 aromatic rings. The van der Waals surface area contributed by atoms with Gasteiger partial charge in [-0.15, -0.1) is 0 Å². The normalized spacial score (nSPS) is 14.8. The Morgan fingerprint density at radius 1 is 1.00 bits per heavy atom. The third-order valence-corrected chi connectivity index (χ3v) is 4.93. The molecule has 0 atom stereocenters. The summed E-state index contributed by atoms with van der Waals surface area (Å²) < 4.78 is 0. The Kier molecular flexibility index (Phi) is 5.17. The first-order valence-electron chi connectivity index (χ1n) is 7.79. The number of piperazine rings is 1. The Hall–Kier alpha value is -1.91. The Morgan fingerprint density at radius 2 is 1.71 bits per heavy atom. The lowest BCUT2D eigenvalue weighted by molar-refractivity contribution is -0.130. The number of nitrogens with zero attached hydrogens (tertiary/aromatic N) is 2. The van der Waals surface area contributed by atoms with Crippen molar-refractivity contribution in [3.8, 4) is 5.75 Å². The third kappa shape index (κ3) is 3.77. The first kappa shape index (κ1) is 16.9. The highest BCUT2D eigenvalue weighted by molar-refractivity contribution is 6.42. The van der Waals surface area contributed by atoms with E-state index in [1.54, 1.807) is 24.3 Å². The van der Waals surface area contributed by atoms with E-state index in [0.717, 1.165) is 11.3 Å². The maximum atomic E-state index is 12.5. The van der Waals surface area contributed by atoms with Crippen LogP contribution in [0.15, 0.2) is 42.5 Å². The number of benzene rings is 2. The largest absolute Gasteiger partial charge is 0.506 e. The number of phenolic OH excluding ortho intramolecular Hbond substituents is 1. The molecule has 126 valence electrons. The number of amides is 1. The van der Waals surface area contributed by atoms with Crippen LogP contribution in [0.1, 0.15) is 5.56 Å². The summed E-state index contributed by atoms with van der Waals surface area (Å²) in [7, 11) is 0. The molecule has 0 saturated carbocycles. The van der Waals surface area contributed by atoms with E-state index >= 15 is 0 Å². The van der Waals surface area contributed by atoms with E-state index in [4.69, 9.17) is 23.2 Å². The molecule has 3 rings (SSSR count). The van der Waals surface area contributed by atoms with Crippen LogP contribution in [-0.4, -0.2) is 42.1 Å². The molecule has 0 unspecified atom stereocenters. The molecule has 1 aliphatic heterocycles. The van der Waals surface area contributed by atoms with Gasteiger partial charge in [0.25, 0.3) is 0 Å². The van der Waals surface area contributed by atoms with E-state index < -0.39 is 0 Å². The molecule has 1 amide bonds. The zero-order valence-corrected chi connectivity index (χ0v) is 14.6. The average molecular weight is 365 g/mol. The van der Waals surface area contributed by atoms with E-state index in [2.05, 4.69) is 4.90 Å². The van der Waals surface area contributed by atoms with Crippen molar-refractivity contribution in [2.75, 3.05) is 31.1 Å². The molecule has 1 saturated heterocycles. The van der Waals surface area contributed by atoms with Crippen molar-refractivity contribution in [3.63, 3.8) is 0 Å². The van der Waals surface area contributed by atoms with Crippen LogP contribution in [0.3, 0.4) is 0 Å². The van der Waals surface area contributed by atoms with E-state index in [9.17, 15) is 9.90 Å². The van der Waals surface area contributed by atoms with Crippen LogP contribution in [0.2, 0.25) is 10.0 Å². The summed E-state index contributed by atoms with van der Waals surface area (Å²) in [5.74, 6) is 0.346. The smallest absolute Gasteiger partial charge is 0.227 e. The molecule has 4 nitrogen and oxygen atoms in total. The molecule has 0 bridgehead atoms. The second-order valence-electron chi connectivity index (χ2n) is 5.78. The predicted molar refractivity (Wildman–Crippen MR) is 97.1 cm³/mol. The van der Waals surface area contributed by atoms with Crippen LogP contribution in [0.4, 0.5) is 5.69 Å². The number of carbonyl (C=O) groups excluding carboxylic acids is 1. The van der Waals surface area contributed by atoms with E-state index in [-0.39, 0.29) is 11.7 Å². The summed E-state index contributed by atoms with van der Waals surface area (Å²) in [5.41, 5.74) is 1.67. The highest BCUT2D eigenvalue weighted by atomic mass is 35.5. The SMILES string of the molecule is O=C(Cc1ccc(Cl)c(Cl)c1)N1CCN(c2ccccc2O)CC1. The number of anilines is 1. The van der Waals surface area contributed by atoms with Gasteiger partial charge in [-0.05, 0) is 29.8 Å². The Bertz CT molecular complexity index is 744. The van der Waals surface area contributed by atoms with Gasteiger partial charge in [0.2, 0.25) is 5.91 Å². The molecule has 6 heteroatoms. The van der Waals surface area contributed by atoms with Crippen LogP contribution >= 0.6 is 23.2 Å². The summed E-state index contributed by atoms with van der Waals surface area (Å²) >= 11 is 11.9. The number of hydrogen-bond donors (Lipinski definition) is 1. The minimum atomic E-state index is 0.0744. The van der Waals surface area contributed by atoms with Gasteiger partial charge in [0.05, 0.1) is 22.2 Å². The molecule has 0 radical (unpaired) electrons. The van der Waals surface area contributed by atoms with Crippen molar-refractivity contribution in [2.24, 2.45) is 0 Å². The van der Waals surface area contributed by atoms with Crippen LogP contribution in [0.25, 0.3) is 0 Å². The molecule has 0 aliphatic carbocycles.